The fraction of sp³-hybridized carbons (Fsp3) is 1.00. The molecule has 2 atom stereocenters. The van der Waals surface area contributed by atoms with Gasteiger partial charge in [-0.15, -0.1) is 0 Å². The van der Waals surface area contributed by atoms with Crippen molar-refractivity contribution < 1.29 is 0 Å². The lowest BCUT2D eigenvalue weighted by Gasteiger charge is -2.40. The third kappa shape index (κ3) is 2.20. The molecule has 0 saturated carbocycles. The van der Waals surface area contributed by atoms with E-state index in [1.807, 2.05) is 0 Å². The van der Waals surface area contributed by atoms with E-state index in [1.54, 1.807) is 0 Å². The second-order valence-corrected chi connectivity index (χ2v) is 4.22. The van der Waals surface area contributed by atoms with Crippen LogP contribution in [0.15, 0.2) is 0 Å². The van der Waals surface area contributed by atoms with E-state index in [0.29, 0.717) is 6.04 Å². The molecule has 72 valence electrons. The van der Waals surface area contributed by atoms with Gasteiger partial charge in [-0.1, -0.05) is 20.8 Å². The zero-order valence-corrected chi connectivity index (χ0v) is 8.59. The average molecular weight is 170 g/mol. The van der Waals surface area contributed by atoms with E-state index in [9.17, 15) is 0 Å². The van der Waals surface area contributed by atoms with Crippen molar-refractivity contribution in [1.82, 2.24) is 4.90 Å². The Kier molecular flexibility index (Phi) is 3.53. The average Bonchev–Trinajstić information content (AvgIpc) is 2.04. The topological polar surface area (TPSA) is 29.3 Å². The monoisotopic (exact) mass is 170 g/mol. The van der Waals surface area contributed by atoms with E-state index in [4.69, 9.17) is 5.73 Å². The molecule has 1 aliphatic rings. The molecule has 2 nitrogen and oxygen atoms in total. The summed E-state index contributed by atoms with van der Waals surface area (Å²) in [5, 5.41) is 0. The van der Waals surface area contributed by atoms with E-state index >= 15 is 0 Å². The van der Waals surface area contributed by atoms with Crippen molar-refractivity contribution in [2.75, 3.05) is 13.1 Å². The molecule has 0 bridgehead atoms. The lowest BCUT2D eigenvalue weighted by atomic mass is 9.90. The first-order valence-electron chi connectivity index (χ1n) is 5.14. The molecular formula is C10H22N2. The van der Waals surface area contributed by atoms with Crippen molar-refractivity contribution in [3.63, 3.8) is 0 Å². The fourth-order valence-electron chi connectivity index (χ4n) is 2.16. The normalized spacial score (nSPS) is 32.8. The number of piperidine rings is 1. The maximum Gasteiger partial charge on any atom is 0.0133 e. The Bertz CT molecular complexity index is 134. The van der Waals surface area contributed by atoms with Gasteiger partial charge in [-0.3, -0.25) is 0 Å². The van der Waals surface area contributed by atoms with Crippen LogP contribution in [0.5, 0.6) is 0 Å². The van der Waals surface area contributed by atoms with Crippen LogP contribution in [0.2, 0.25) is 0 Å². The second-order valence-electron chi connectivity index (χ2n) is 4.22. The van der Waals surface area contributed by atoms with Crippen LogP contribution in [0.25, 0.3) is 0 Å². The lowest BCUT2D eigenvalue weighted by Crippen LogP contribution is -2.49. The fourth-order valence-corrected chi connectivity index (χ4v) is 2.16. The largest absolute Gasteiger partial charge is 0.328 e. The van der Waals surface area contributed by atoms with E-state index in [0.717, 1.165) is 12.0 Å². The molecular weight excluding hydrogens is 148 g/mol. The zero-order chi connectivity index (χ0) is 9.14. The molecule has 0 radical (unpaired) electrons. The molecule has 1 rings (SSSR count). The van der Waals surface area contributed by atoms with Gasteiger partial charge in [0.1, 0.15) is 0 Å². The third-order valence-electron chi connectivity index (χ3n) is 2.98. The van der Waals surface area contributed by atoms with Gasteiger partial charge in [-0.2, -0.15) is 0 Å². The SMILES string of the molecule is CCN1CCC(N)CC1C(C)C. The van der Waals surface area contributed by atoms with Crippen LogP contribution in [0.1, 0.15) is 33.6 Å². The molecule has 2 unspecified atom stereocenters. The van der Waals surface area contributed by atoms with E-state index in [-0.39, 0.29) is 0 Å². The summed E-state index contributed by atoms with van der Waals surface area (Å²) < 4.78 is 0. The predicted octanol–water partition coefficient (Wildman–Crippen LogP) is 1.45. The second kappa shape index (κ2) is 4.24. The highest BCUT2D eigenvalue weighted by Gasteiger charge is 2.27. The molecule has 1 aliphatic heterocycles. The van der Waals surface area contributed by atoms with Crippen LogP contribution in [0.3, 0.4) is 0 Å². The maximum atomic E-state index is 5.95. The van der Waals surface area contributed by atoms with Crippen LogP contribution >= 0.6 is 0 Å². The highest BCUT2D eigenvalue weighted by Crippen LogP contribution is 2.21. The van der Waals surface area contributed by atoms with Gasteiger partial charge in [-0.05, 0) is 31.8 Å². The van der Waals surface area contributed by atoms with E-state index < -0.39 is 0 Å². The quantitative estimate of drug-likeness (QED) is 0.679. The minimum atomic E-state index is 0.445. The maximum absolute atomic E-state index is 5.95. The molecule has 1 heterocycles. The Morgan fingerprint density at radius 2 is 2.17 bits per heavy atom. The lowest BCUT2D eigenvalue weighted by molar-refractivity contribution is 0.108. The molecule has 12 heavy (non-hydrogen) atoms. The van der Waals surface area contributed by atoms with Crippen molar-refractivity contribution in [1.29, 1.82) is 0 Å². The van der Waals surface area contributed by atoms with Crippen LogP contribution in [0, 0.1) is 5.92 Å². The number of likely N-dealkylation sites (tertiary alicyclic amines) is 1. The number of hydrogen-bond donors (Lipinski definition) is 1. The highest BCUT2D eigenvalue weighted by atomic mass is 15.2. The van der Waals surface area contributed by atoms with Crippen molar-refractivity contribution in [3.05, 3.63) is 0 Å². The minimum absolute atomic E-state index is 0.445. The minimum Gasteiger partial charge on any atom is -0.328 e. The number of hydrogen-bond acceptors (Lipinski definition) is 2. The molecule has 0 aliphatic carbocycles. The zero-order valence-electron chi connectivity index (χ0n) is 8.59. The van der Waals surface area contributed by atoms with E-state index in [2.05, 4.69) is 25.7 Å². The first-order chi connectivity index (χ1) is 5.65. The van der Waals surface area contributed by atoms with Crippen molar-refractivity contribution in [2.45, 2.75) is 45.7 Å². The first-order valence-corrected chi connectivity index (χ1v) is 5.14. The van der Waals surface area contributed by atoms with Crippen molar-refractivity contribution >= 4 is 0 Å². The van der Waals surface area contributed by atoms with Gasteiger partial charge in [0.05, 0.1) is 0 Å². The van der Waals surface area contributed by atoms with Gasteiger partial charge in [0, 0.05) is 12.1 Å². The van der Waals surface area contributed by atoms with Gasteiger partial charge in [0.15, 0.2) is 0 Å². The van der Waals surface area contributed by atoms with Crippen molar-refractivity contribution in [2.24, 2.45) is 11.7 Å². The van der Waals surface area contributed by atoms with Crippen molar-refractivity contribution in [3.8, 4) is 0 Å². The summed E-state index contributed by atoms with van der Waals surface area (Å²) in [6, 6.07) is 1.17. The molecule has 0 amide bonds. The Balaban J connectivity index is 2.52. The van der Waals surface area contributed by atoms with Crippen LogP contribution in [-0.4, -0.2) is 30.1 Å². The van der Waals surface area contributed by atoms with Gasteiger partial charge in [0.25, 0.3) is 0 Å². The predicted molar refractivity (Wildman–Crippen MR) is 53.1 cm³/mol. The number of nitrogens with zero attached hydrogens (tertiary/aromatic N) is 1. The Labute approximate surface area is 76.1 Å². The van der Waals surface area contributed by atoms with Gasteiger partial charge < -0.3 is 10.6 Å². The van der Waals surface area contributed by atoms with E-state index in [1.165, 1.54) is 25.9 Å². The molecule has 0 aromatic heterocycles. The van der Waals surface area contributed by atoms with Crippen LogP contribution < -0.4 is 5.73 Å². The van der Waals surface area contributed by atoms with Crippen LogP contribution in [-0.2, 0) is 0 Å². The highest BCUT2D eigenvalue weighted by molar-refractivity contribution is 4.84. The summed E-state index contributed by atoms with van der Waals surface area (Å²) in [5.41, 5.74) is 5.95. The Morgan fingerprint density at radius 3 is 2.67 bits per heavy atom. The standard InChI is InChI=1S/C10H22N2/c1-4-12-6-5-9(11)7-10(12)8(2)3/h8-10H,4-7,11H2,1-3H3. The molecule has 0 spiro atoms. The molecule has 1 fully saturated rings. The number of rotatable bonds is 2. The molecule has 2 heteroatoms. The van der Waals surface area contributed by atoms with Crippen LogP contribution in [0.4, 0.5) is 0 Å². The summed E-state index contributed by atoms with van der Waals surface area (Å²) >= 11 is 0. The summed E-state index contributed by atoms with van der Waals surface area (Å²) in [6.07, 6.45) is 2.36. The Morgan fingerprint density at radius 1 is 1.50 bits per heavy atom. The van der Waals surface area contributed by atoms with Gasteiger partial charge in [0.2, 0.25) is 0 Å². The molecule has 0 aromatic carbocycles. The van der Waals surface area contributed by atoms with Gasteiger partial charge >= 0.3 is 0 Å². The molecule has 0 aromatic rings. The molecule has 1 saturated heterocycles. The van der Waals surface area contributed by atoms with Gasteiger partial charge in [-0.25, -0.2) is 0 Å². The summed E-state index contributed by atoms with van der Waals surface area (Å²) in [4.78, 5) is 2.56. The summed E-state index contributed by atoms with van der Waals surface area (Å²) in [7, 11) is 0. The summed E-state index contributed by atoms with van der Waals surface area (Å²) in [5.74, 6) is 0.747. The summed E-state index contributed by atoms with van der Waals surface area (Å²) in [6.45, 7) is 9.21. The molecule has 2 N–H and O–H groups in total. The Hall–Kier alpha value is -0.0800. The number of nitrogens with two attached hydrogens (primary N) is 1. The first kappa shape index (κ1) is 10.0. The smallest absolute Gasteiger partial charge is 0.0133 e. The third-order valence-corrected chi connectivity index (χ3v) is 2.98.